The SMILES string of the molecule is CCNC(=NCC(O)c1cc2ccccc2s1)NCCCN(C)S(=O)(=O)CC. The Balaban J connectivity index is 1.87. The first-order chi connectivity index (χ1) is 13.4. The summed E-state index contributed by atoms with van der Waals surface area (Å²) in [7, 11) is -1.55. The van der Waals surface area contributed by atoms with Crippen molar-refractivity contribution >= 4 is 37.4 Å². The number of hydrogen-bond donors (Lipinski definition) is 3. The summed E-state index contributed by atoms with van der Waals surface area (Å²) >= 11 is 1.58. The molecule has 7 nitrogen and oxygen atoms in total. The second-order valence-corrected chi connectivity index (χ2v) is 9.90. The molecule has 0 amide bonds. The summed E-state index contributed by atoms with van der Waals surface area (Å²) in [6, 6.07) is 10.1. The first kappa shape index (κ1) is 22.6. The molecule has 28 heavy (non-hydrogen) atoms. The smallest absolute Gasteiger partial charge is 0.213 e. The van der Waals surface area contributed by atoms with Crippen molar-refractivity contribution in [2.45, 2.75) is 26.4 Å². The Labute approximate surface area is 171 Å². The van der Waals surface area contributed by atoms with Crippen LogP contribution in [0.4, 0.5) is 0 Å². The molecule has 0 bridgehead atoms. The summed E-state index contributed by atoms with van der Waals surface area (Å²) < 4.78 is 26.0. The zero-order chi connectivity index (χ0) is 20.6. The van der Waals surface area contributed by atoms with Crippen molar-refractivity contribution < 1.29 is 13.5 Å². The Morgan fingerprint density at radius 3 is 2.71 bits per heavy atom. The summed E-state index contributed by atoms with van der Waals surface area (Å²) in [4.78, 5) is 5.36. The van der Waals surface area contributed by atoms with Crippen molar-refractivity contribution in [2.24, 2.45) is 4.99 Å². The predicted molar refractivity (Wildman–Crippen MR) is 117 cm³/mol. The second kappa shape index (κ2) is 10.8. The molecule has 0 aliphatic heterocycles. The van der Waals surface area contributed by atoms with E-state index in [9.17, 15) is 13.5 Å². The molecule has 0 aliphatic carbocycles. The number of thiophene rings is 1. The third kappa shape index (κ3) is 6.44. The van der Waals surface area contributed by atoms with Gasteiger partial charge in [-0.05, 0) is 37.8 Å². The highest BCUT2D eigenvalue weighted by atomic mass is 32.2. The highest BCUT2D eigenvalue weighted by Crippen LogP contribution is 2.29. The minimum atomic E-state index is -3.14. The summed E-state index contributed by atoms with van der Waals surface area (Å²) in [5, 5.41) is 17.9. The Hall–Kier alpha value is -1.68. The molecule has 1 atom stereocenters. The molecule has 0 aliphatic rings. The van der Waals surface area contributed by atoms with Crippen LogP contribution in [0.15, 0.2) is 35.3 Å². The Morgan fingerprint density at radius 1 is 1.29 bits per heavy atom. The van der Waals surface area contributed by atoms with Crippen molar-refractivity contribution in [3.8, 4) is 0 Å². The fraction of sp³-hybridized carbons (Fsp3) is 0.526. The standard InChI is InChI=1S/C19H30N4O3S2/c1-4-20-19(21-11-8-12-23(3)28(25,26)5-2)22-14-16(24)18-13-15-9-6-7-10-17(15)27-18/h6-7,9-10,13,16,24H,4-5,8,11-12,14H2,1-3H3,(H2,20,21,22). The molecule has 0 radical (unpaired) electrons. The monoisotopic (exact) mass is 426 g/mol. The van der Waals surface area contributed by atoms with Crippen LogP contribution < -0.4 is 10.6 Å². The van der Waals surface area contributed by atoms with Gasteiger partial charge in [-0.25, -0.2) is 12.7 Å². The van der Waals surface area contributed by atoms with Gasteiger partial charge in [0, 0.05) is 36.3 Å². The number of hydrogen-bond acceptors (Lipinski definition) is 5. The van der Waals surface area contributed by atoms with Gasteiger partial charge in [0.05, 0.1) is 12.3 Å². The summed E-state index contributed by atoms with van der Waals surface area (Å²) in [6.07, 6.45) is 0.00706. The number of aliphatic hydroxyl groups is 1. The molecule has 2 aromatic rings. The molecule has 1 unspecified atom stereocenters. The maximum atomic E-state index is 11.7. The highest BCUT2D eigenvalue weighted by Gasteiger charge is 2.14. The van der Waals surface area contributed by atoms with Crippen molar-refractivity contribution in [1.82, 2.24) is 14.9 Å². The van der Waals surface area contributed by atoms with Gasteiger partial charge in [-0.1, -0.05) is 18.2 Å². The van der Waals surface area contributed by atoms with Crippen LogP contribution in [-0.2, 0) is 10.0 Å². The van der Waals surface area contributed by atoms with Gasteiger partial charge in [0.15, 0.2) is 5.96 Å². The van der Waals surface area contributed by atoms with Crippen molar-refractivity contribution in [3.63, 3.8) is 0 Å². The fourth-order valence-electron chi connectivity index (χ4n) is 2.64. The second-order valence-electron chi connectivity index (χ2n) is 6.42. The summed E-state index contributed by atoms with van der Waals surface area (Å²) in [5.41, 5.74) is 0. The van der Waals surface area contributed by atoms with Crippen LogP contribution in [0.25, 0.3) is 10.1 Å². The maximum absolute atomic E-state index is 11.7. The minimum Gasteiger partial charge on any atom is -0.386 e. The zero-order valence-electron chi connectivity index (χ0n) is 16.7. The molecule has 0 spiro atoms. The maximum Gasteiger partial charge on any atom is 0.213 e. The van der Waals surface area contributed by atoms with Crippen molar-refractivity contribution in [3.05, 3.63) is 35.2 Å². The lowest BCUT2D eigenvalue weighted by molar-refractivity contribution is 0.191. The third-order valence-corrected chi connectivity index (χ3v) is 7.40. The molecule has 1 aromatic heterocycles. The normalized spacial score (nSPS) is 13.8. The number of aliphatic hydroxyl groups excluding tert-OH is 1. The third-order valence-electron chi connectivity index (χ3n) is 4.32. The van der Waals surface area contributed by atoms with Crippen LogP contribution in [0.1, 0.15) is 31.2 Å². The van der Waals surface area contributed by atoms with E-state index in [1.807, 2.05) is 37.3 Å². The molecule has 2 rings (SSSR count). The van der Waals surface area contributed by atoms with Crippen LogP contribution in [0.2, 0.25) is 0 Å². The molecule has 3 N–H and O–H groups in total. The molecule has 0 fully saturated rings. The van der Waals surface area contributed by atoms with E-state index in [0.29, 0.717) is 32.0 Å². The lowest BCUT2D eigenvalue weighted by Crippen LogP contribution is -2.39. The molecule has 0 saturated carbocycles. The van der Waals surface area contributed by atoms with Gasteiger partial charge in [0.1, 0.15) is 6.10 Å². The quantitative estimate of drug-likeness (QED) is 0.307. The Bertz CT molecular complexity index is 847. The van der Waals surface area contributed by atoms with Crippen LogP contribution in [0.5, 0.6) is 0 Å². The molecule has 1 heterocycles. The van der Waals surface area contributed by atoms with E-state index in [2.05, 4.69) is 15.6 Å². The van der Waals surface area contributed by atoms with Crippen molar-refractivity contribution in [2.75, 3.05) is 39.0 Å². The predicted octanol–water partition coefficient (Wildman–Crippen LogP) is 2.16. The number of benzene rings is 1. The lowest BCUT2D eigenvalue weighted by atomic mass is 10.2. The Morgan fingerprint density at radius 2 is 2.04 bits per heavy atom. The van der Waals surface area contributed by atoms with Gasteiger partial charge >= 0.3 is 0 Å². The van der Waals surface area contributed by atoms with E-state index < -0.39 is 16.1 Å². The van der Waals surface area contributed by atoms with Crippen LogP contribution >= 0.6 is 11.3 Å². The van der Waals surface area contributed by atoms with E-state index >= 15 is 0 Å². The number of rotatable bonds is 10. The van der Waals surface area contributed by atoms with Crippen LogP contribution in [-0.4, -0.2) is 62.8 Å². The van der Waals surface area contributed by atoms with Gasteiger partial charge in [-0.15, -0.1) is 11.3 Å². The van der Waals surface area contributed by atoms with Gasteiger partial charge in [0.25, 0.3) is 0 Å². The topological polar surface area (TPSA) is 94.0 Å². The number of nitrogens with one attached hydrogen (secondary N) is 2. The summed E-state index contributed by atoms with van der Waals surface area (Å²) in [6.45, 7) is 5.62. The fourth-order valence-corrected chi connectivity index (χ4v) is 4.53. The highest BCUT2D eigenvalue weighted by molar-refractivity contribution is 7.89. The van der Waals surface area contributed by atoms with Gasteiger partial charge in [-0.3, -0.25) is 4.99 Å². The number of nitrogens with zero attached hydrogens (tertiary/aromatic N) is 2. The van der Waals surface area contributed by atoms with E-state index in [-0.39, 0.29) is 12.3 Å². The number of fused-ring (bicyclic) bond motifs is 1. The first-order valence-corrected chi connectivity index (χ1v) is 11.9. The molecule has 1 aromatic carbocycles. The summed E-state index contributed by atoms with van der Waals surface area (Å²) in [5.74, 6) is 0.722. The lowest BCUT2D eigenvalue weighted by Gasteiger charge is -2.17. The number of sulfonamides is 1. The van der Waals surface area contributed by atoms with E-state index in [4.69, 9.17) is 0 Å². The number of guanidine groups is 1. The average Bonchev–Trinajstić information content (AvgIpc) is 3.13. The minimum absolute atomic E-state index is 0.108. The zero-order valence-corrected chi connectivity index (χ0v) is 18.3. The van der Waals surface area contributed by atoms with E-state index in [1.165, 1.54) is 4.31 Å². The van der Waals surface area contributed by atoms with E-state index in [0.717, 1.165) is 15.0 Å². The molecular formula is C19H30N4O3S2. The number of aliphatic imine (C=N–C) groups is 1. The van der Waals surface area contributed by atoms with Crippen LogP contribution in [0.3, 0.4) is 0 Å². The molecule has 9 heteroatoms. The van der Waals surface area contributed by atoms with Gasteiger partial charge in [0.2, 0.25) is 10.0 Å². The van der Waals surface area contributed by atoms with Gasteiger partial charge < -0.3 is 15.7 Å². The molecule has 0 saturated heterocycles. The van der Waals surface area contributed by atoms with Gasteiger partial charge in [-0.2, -0.15) is 0 Å². The molecular weight excluding hydrogens is 396 g/mol. The van der Waals surface area contributed by atoms with E-state index in [1.54, 1.807) is 25.3 Å². The Kier molecular flexibility index (Phi) is 8.68. The van der Waals surface area contributed by atoms with Crippen molar-refractivity contribution in [1.29, 1.82) is 0 Å². The average molecular weight is 427 g/mol. The van der Waals surface area contributed by atoms with Crippen LogP contribution in [0, 0.1) is 0 Å². The molecule has 156 valence electrons. The first-order valence-electron chi connectivity index (χ1n) is 9.50. The largest absolute Gasteiger partial charge is 0.386 e.